The molecule has 5 aromatic carbocycles. The van der Waals surface area contributed by atoms with Crippen LogP contribution in [-0.2, 0) is 5.41 Å². The number of hydrogen-bond acceptors (Lipinski definition) is 2. The molecule has 0 fully saturated rings. The Kier molecular flexibility index (Phi) is 5.24. The third-order valence-electron chi connectivity index (χ3n) is 9.43. The fourth-order valence-corrected chi connectivity index (χ4v) is 7.29. The van der Waals surface area contributed by atoms with Crippen molar-refractivity contribution in [3.63, 3.8) is 0 Å². The molecule has 0 radical (unpaired) electrons. The molecule has 3 heterocycles. The van der Waals surface area contributed by atoms with Crippen molar-refractivity contribution in [2.45, 2.75) is 19.3 Å². The van der Waals surface area contributed by atoms with Crippen LogP contribution in [0.2, 0.25) is 0 Å². The highest BCUT2D eigenvalue weighted by atomic mass is 15.0. The average molecular weight is 564 g/mol. The molecule has 0 saturated heterocycles. The first-order chi connectivity index (χ1) is 21.6. The van der Waals surface area contributed by atoms with E-state index in [1.54, 1.807) is 0 Å². The van der Waals surface area contributed by atoms with Gasteiger partial charge in [0.05, 0.1) is 27.9 Å². The summed E-state index contributed by atoms with van der Waals surface area (Å²) in [6, 6.07) is 47.9. The smallest absolute Gasteiger partial charge is 0.0972 e. The number of pyridine rings is 2. The number of rotatable bonds is 3. The maximum absolute atomic E-state index is 5.03. The van der Waals surface area contributed by atoms with Gasteiger partial charge in [-0.05, 0) is 52.6 Å². The largest absolute Gasteiger partial charge is 0.309 e. The van der Waals surface area contributed by atoms with Crippen LogP contribution in [0.5, 0.6) is 0 Å². The first-order valence-corrected chi connectivity index (χ1v) is 15.2. The minimum Gasteiger partial charge on any atom is -0.309 e. The van der Waals surface area contributed by atoms with E-state index in [1.807, 2.05) is 12.3 Å². The summed E-state index contributed by atoms with van der Waals surface area (Å²) >= 11 is 0. The van der Waals surface area contributed by atoms with Gasteiger partial charge in [-0.1, -0.05) is 117 Å². The number of benzene rings is 5. The van der Waals surface area contributed by atoms with E-state index in [9.17, 15) is 0 Å². The predicted molar refractivity (Wildman–Crippen MR) is 182 cm³/mol. The Morgan fingerprint density at radius 3 is 2.05 bits per heavy atom. The van der Waals surface area contributed by atoms with Crippen molar-refractivity contribution in [2.75, 3.05) is 0 Å². The first-order valence-electron chi connectivity index (χ1n) is 15.2. The molecule has 0 aliphatic heterocycles. The first kappa shape index (κ1) is 25.0. The van der Waals surface area contributed by atoms with Crippen molar-refractivity contribution in [2.24, 2.45) is 0 Å². The maximum Gasteiger partial charge on any atom is 0.0972 e. The molecule has 0 unspecified atom stereocenters. The molecule has 0 spiro atoms. The van der Waals surface area contributed by atoms with Gasteiger partial charge in [0, 0.05) is 44.6 Å². The second-order valence-corrected chi connectivity index (χ2v) is 12.3. The Morgan fingerprint density at radius 2 is 1.23 bits per heavy atom. The molecule has 208 valence electrons. The molecule has 0 bridgehead atoms. The molecule has 3 heteroatoms. The molecule has 3 aromatic heterocycles. The minimum atomic E-state index is -0.0536. The molecule has 0 amide bonds. The van der Waals surface area contributed by atoms with Crippen LogP contribution in [0.3, 0.4) is 0 Å². The molecular weight excluding hydrogens is 534 g/mol. The van der Waals surface area contributed by atoms with Crippen LogP contribution in [-0.4, -0.2) is 14.5 Å². The quantitative estimate of drug-likeness (QED) is 0.200. The Morgan fingerprint density at radius 1 is 0.568 bits per heavy atom. The molecule has 44 heavy (non-hydrogen) atoms. The Bertz CT molecular complexity index is 2390. The summed E-state index contributed by atoms with van der Waals surface area (Å²) in [5.74, 6) is 0. The summed E-state index contributed by atoms with van der Waals surface area (Å²) in [5.41, 5.74) is 14.1. The molecular formula is C41H29N3. The third-order valence-corrected chi connectivity index (χ3v) is 9.43. The molecule has 0 saturated carbocycles. The Labute approximate surface area is 256 Å². The zero-order chi connectivity index (χ0) is 29.4. The Hall–Kier alpha value is -5.54. The molecule has 3 nitrogen and oxygen atoms in total. The lowest BCUT2D eigenvalue weighted by Gasteiger charge is -2.21. The molecule has 0 N–H and O–H groups in total. The summed E-state index contributed by atoms with van der Waals surface area (Å²) in [5, 5.41) is 3.54. The van der Waals surface area contributed by atoms with E-state index < -0.39 is 0 Å². The lowest BCUT2D eigenvalue weighted by atomic mass is 9.81. The van der Waals surface area contributed by atoms with Gasteiger partial charge >= 0.3 is 0 Å². The van der Waals surface area contributed by atoms with E-state index in [0.717, 1.165) is 33.1 Å². The van der Waals surface area contributed by atoms with E-state index in [-0.39, 0.29) is 5.41 Å². The molecule has 8 aromatic rings. The second kappa shape index (κ2) is 9.23. The predicted octanol–water partition coefficient (Wildman–Crippen LogP) is 10.4. The standard InChI is InChI=1S/C41H29N3/c1-41(2)34-11-5-3-9-32(34)40-37(41)33-10-4-6-12-36(33)44(40)31-22-19-27(20-23-31)26-13-15-28(16-14-26)35-24-21-30-18-17-29-8-7-25-42-38(29)39(30)43-35/h3-25H,1-2H3. The molecule has 1 aliphatic carbocycles. The monoisotopic (exact) mass is 563 g/mol. The van der Waals surface area contributed by atoms with Gasteiger partial charge in [0.1, 0.15) is 0 Å². The SMILES string of the molecule is CC1(C)c2ccccc2-c2c1c1ccccc1n2-c1ccc(-c2ccc(-c3ccc4ccc5cccnc5c4n3)cc2)cc1. The topological polar surface area (TPSA) is 30.7 Å². The fraction of sp³-hybridized carbons (Fsp3) is 0.0732. The van der Waals surface area contributed by atoms with Gasteiger partial charge < -0.3 is 4.57 Å². The van der Waals surface area contributed by atoms with Gasteiger partial charge in [-0.15, -0.1) is 0 Å². The minimum absolute atomic E-state index is 0.0536. The van der Waals surface area contributed by atoms with E-state index >= 15 is 0 Å². The number of hydrogen-bond donors (Lipinski definition) is 0. The summed E-state index contributed by atoms with van der Waals surface area (Å²) in [7, 11) is 0. The van der Waals surface area contributed by atoms with Crippen molar-refractivity contribution >= 4 is 32.7 Å². The number of para-hydroxylation sites is 1. The van der Waals surface area contributed by atoms with E-state index in [0.29, 0.717) is 0 Å². The zero-order valence-electron chi connectivity index (χ0n) is 24.6. The van der Waals surface area contributed by atoms with Gasteiger partial charge in [0.2, 0.25) is 0 Å². The van der Waals surface area contributed by atoms with Crippen molar-refractivity contribution in [3.05, 3.63) is 151 Å². The van der Waals surface area contributed by atoms with Crippen LogP contribution in [0, 0.1) is 0 Å². The van der Waals surface area contributed by atoms with Crippen LogP contribution in [0.1, 0.15) is 25.0 Å². The van der Waals surface area contributed by atoms with Crippen LogP contribution < -0.4 is 0 Å². The van der Waals surface area contributed by atoms with Gasteiger partial charge in [-0.2, -0.15) is 0 Å². The molecule has 1 aliphatic rings. The highest BCUT2D eigenvalue weighted by Crippen LogP contribution is 2.53. The molecule has 9 rings (SSSR count). The third kappa shape index (κ3) is 3.56. The highest BCUT2D eigenvalue weighted by molar-refractivity contribution is 6.03. The van der Waals surface area contributed by atoms with E-state index in [4.69, 9.17) is 4.98 Å². The van der Waals surface area contributed by atoms with Gasteiger partial charge in [-0.3, -0.25) is 4.98 Å². The summed E-state index contributed by atoms with van der Waals surface area (Å²) in [4.78, 5) is 9.64. The summed E-state index contributed by atoms with van der Waals surface area (Å²) < 4.78 is 2.45. The number of fused-ring (bicyclic) bond motifs is 8. The van der Waals surface area contributed by atoms with Gasteiger partial charge in [-0.25, -0.2) is 4.98 Å². The highest BCUT2D eigenvalue weighted by Gasteiger charge is 2.40. The number of nitrogens with zero attached hydrogens (tertiary/aromatic N) is 3. The van der Waals surface area contributed by atoms with Crippen molar-refractivity contribution in [3.8, 4) is 39.3 Å². The van der Waals surface area contributed by atoms with Crippen molar-refractivity contribution < 1.29 is 0 Å². The van der Waals surface area contributed by atoms with E-state index in [1.165, 1.54) is 50.1 Å². The number of aromatic nitrogens is 3. The molecule has 0 atom stereocenters. The van der Waals surface area contributed by atoms with Gasteiger partial charge in [0.15, 0.2) is 0 Å². The van der Waals surface area contributed by atoms with Crippen molar-refractivity contribution in [1.82, 2.24) is 14.5 Å². The normalized spacial score (nSPS) is 13.4. The lowest BCUT2D eigenvalue weighted by molar-refractivity contribution is 0.666. The summed E-state index contributed by atoms with van der Waals surface area (Å²) in [6.07, 6.45) is 1.84. The lowest BCUT2D eigenvalue weighted by Crippen LogP contribution is -2.14. The van der Waals surface area contributed by atoms with Crippen molar-refractivity contribution in [1.29, 1.82) is 0 Å². The van der Waals surface area contributed by atoms with Crippen LogP contribution in [0.15, 0.2) is 140 Å². The van der Waals surface area contributed by atoms with E-state index in [2.05, 4.69) is 151 Å². The second-order valence-electron chi connectivity index (χ2n) is 12.3. The van der Waals surface area contributed by atoms with Crippen LogP contribution in [0.4, 0.5) is 0 Å². The van der Waals surface area contributed by atoms with Crippen LogP contribution in [0.25, 0.3) is 72.0 Å². The fourth-order valence-electron chi connectivity index (χ4n) is 7.29. The Balaban J connectivity index is 1.09. The summed E-state index contributed by atoms with van der Waals surface area (Å²) in [6.45, 7) is 4.71. The van der Waals surface area contributed by atoms with Crippen LogP contribution >= 0.6 is 0 Å². The zero-order valence-corrected chi connectivity index (χ0v) is 24.6. The maximum atomic E-state index is 5.03. The average Bonchev–Trinajstić information content (AvgIpc) is 3.55. The van der Waals surface area contributed by atoms with Gasteiger partial charge in [0.25, 0.3) is 0 Å².